The molecule has 2 rings (SSSR count). The smallest absolute Gasteiger partial charge is 0.426 e. The van der Waals surface area contributed by atoms with Crippen LogP contribution in [-0.2, 0) is 4.79 Å². The largest absolute Gasteiger partial charge is 0.573 e. The van der Waals surface area contributed by atoms with Crippen molar-refractivity contribution in [2.45, 2.75) is 45.4 Å². The van der Waals surface area contributed by atoms with Gasteiger partial charge in [-0.05, 0) is 37.3 Å². The van der Waals surface area contributed by atoms with E-state index >= 15 is 0 Å². The van der Waals surface area contributed by atoms with Crippen LogP contribution in [0.1, 0.15) is 39.0 Å². The van der Waals surface area contributed by atoms with Crippen molar-refractivity contribution in [3.05, 3.63) is 24.0 Å². The summed E-state index contributed by atoms with van der Waals surface area (Å²) in [5.41, 5.74) is 0. The number of alkyl halides is 3. The van der Waals surface area contributed by atoms with Crippen molar-refractivity contribution in [3.63, 3.8) is 0 Å². The van der Waals surface area contributed by atoms with Crippen LogP contribution in [0.3, 0.4) is 0 Å². The molecule has 0 saturated heterocycles. The number of carbonyl (C=O) groups excluding carboxylic acids is 1. The van der Waals surface area contributed by atoms with Gasteiger partial charge in [-0.2, -0.15) is 0 Å². The van der Waals surface area contributed by atoms with Crippen LogP contribution in [0.5, 0.6) is 11.5 Å². The number of halogens is 4. The fourth-order valence-electron chi connectivity index (χ4n) is 2.91. The summed E-state index contributed by atoms with van der Waals surface area (Å²) >= 11 is 0. The Kier molecular flexibility index (Phi) is 5.49. The Morgan fingerprint density at radius 3 is 2.65 bits per heavy atom. The van der Waals surface area contributed by atoms with Crippen LogP contribution in [0.4, 0.5) is 17.6 Å². The fourth-order valence-corrected chi connectivity index (χ4v) is 2.91. The topological polar surface area (TPSA) is 35.5 Å². The Morgan fingerprint density at radius 2 is 2.04 bits per heavy atom. The first-order valence-corrected chi connectivity index (χ1v) is 7.55. The number of hydrogen-bond donors (Lipinski definition) is 0. The lowest BCUT2D eigenvalue weighted by molar-refractivity contribution is -0.275. The molecule has 7 heteroatoms. The van der Waals surface area contributed by atoms with E-state index in [9.17, 15) is 22.4 Å². The molecule has 0 spiro atoms. The summed E-state index contributed by atoms with van der Waals surface area (Å²) in [6.07, 6.45) is -0.441. The Balaban J connectivity index is 1.95. The molecule has 2 atom stereocenters. The molecule has 23 heavy (non-hydrogen) atoms. The van der Waals surface area contributed by atoms with Crippen molar-refractivity contribution in [2.75, 3.05) is 0 Å². The van der Waals surface area contributed by atoms with E-state index in [1.165, 1.54) is 0 Å². The summed E-state index contributed by atoms with van der Waals surface area (Å²) < 4.78 is 58.3. The molecule has 1 aliphatic carbocycles. The average Bonchev–Trinajstić information content (AvgIpc) is 2.90. The third-order valence-corrected chi connectivity index (χ3v) is 3.92. The second kappa shape index (κ2) is 7.19. The van der Waals surface area contributed by atoms with Gasteiger partial charge >= 0.3 is 12.3 Å². The molecule has 1 saturated carbocycles. The molecule has 0 radical (unpaired) electrons. The highest BCUT2D eigenvalue weighted by molar-refractivity contribution is 5.75. The predicted octanol–water partition coefficient (Wildman–Crippen LogP) is 4.85. The first-order valence-electron chi connectivity index (χ1n) is 7.55. The van der Waals surface area contributed by atoms with Crippen molar-refractivity contribution in [1.29, 1.82) is 0 Å². The van der Waals surface area contributed by atoms with E-state index in [1.54, 1.807) is 0 Å². The molecule has 1 fully saturated rings. The van der Waals surface area contributed by atoms with E-state index in [0.717, 1.165) is 50.3 Å². The summed E-state index contributed by atoms with van der Waals surface area (Å²) in [7, 11) is 0. The highest BCUT2D eigenvalue weighted by Gasteiger charge is 2.33. The van der Waals surface area contributed by atoms with Gasteiger partial charge in [0.15, 0.2) is 11.6 Å². The van der Waals surface area contributed by atoms with Gasteiger partial charge in [0.1, 0.15) is 5.75 Å². The summed E-state index contributed by atoms with van der Waals surface area (Å²) in [5, 5.41) is 0. The Labute approximate surface area is 131 Å². The zero-order valence-corrected chi connectivity index (χ0v) is 12.7. The molecule has 0 bridgehead atoms. The van der Waals surface area contributed by atoms with Crippen molar-refractivity contribution >= 4 is 5.97 Å². The normalized spacial score (nSPS) is 21.3. The van der Waals surface area contributed by atoms with Gasteiger partial charge in [0.2, 0.25) is 0 Å². The number of ether oxygens (including phenoxy) is 2. The second-order valence-electron chi connectivity index (χ2n) is 5.73. The van der Waals surface area contributed by atoms with Crippen molar-refractivity contribution in [3.8, 4) is 11.5 Å². The molecule has 0 aromatic heterocycles. The van der Waals surface area contributed by atoms with Gasteiger partial charge in [-0.15, -0.1) is 13.2 Å². The van der Waals surface area contributed by atoms with E-state index in [2.05, 4.69) is 11.7 Å². The molecule has 0 aliphatic heterocycles. The lowest BCUT2D eigenvalue weighted by Gasteiger charge is -2.12. The highest BCUT2D eigenvalue weighted by atomic mass is 19.4. The van der Waals surface area contributed by atoms with Crippen molar-refractivity contribution in [1.82, 2.24) is 0 Å². The standard InChI is InChI=1S/C16H18F4O3/c1-2-3-10-4-5-11(8-10)15(21)22-12-6-7-14(13(17)9-12)23-16(18,19)20/h6-7,9-11H,2-5,8H2,1H3. The van der Waals surface area contributed by atoms with E-state index in [1.807, 2.05) is 0 Å². The minimum atomic E-state index is -4.98. The molecular weight excluding hydrogens is 316 g/mol. The molecule has 1 aromatic rings. The number of esters is 1. The van der Waals surface area contributed by atoms with Crippen LogP contribution in [-0.4, -0.2) is 12.3 Å². The SMILES string of the molecule is CCCC1CCC(C(=O)Oc2ccc(OC(F)(F)F)c(F)c2)C1. The van der Waals surface area contributed by atoms with Gasteiger partial charge in [-0.1, -0.05) is 19.8 Å². The molecule has 3 nitrogen and oxygen atoms in total. The van der Waals surface area contributed by atoms with Gasteiger partial charge in [0.25, 0.3) is 0 Å². The Hall–Kier alpha value is -1.79. The number of hydrogen-bond acceptors (Lipinski definition) is 3. The maximum atomic E-state index is 13.6. The minimum absolute atomic E-state index is 0.124. The lowest BCUT2D eigenvalue weighted by Crippen LogP contribution is -2.19. The zero-order chi connectivity index (χ0) is 17.0. The lowest BCUT2D eigenvalue weighted by atomic mass is 10.0. The molecular formula is C16H18F4O3. The van der Waals surface area contributed by atoms with E-state index in [-0.39, 0.29) is 11.7 Å². The minimum Gasteiger partial charge on any atom is -0.426 e. The van der Waals surface area contributed by atoms with E-state index in [0.29, 0.717) is 5.92 Å². The third kappa shape index (κ3) is 5.11. The molecule has 1 aromatic carbocycles. The van der Waals surface area contributed by atoms with Gasteiger partial charge < -0.3 is 9.47 Å². The van der Waals surface area contributed by atoms with Crippen molar-refractivity contribution in [2.24, 2.45) is 11.8 Å². The van der Waals surface area contributed by atoms with Crippen LogP contribution in [0.25, 0.3) is 0 Å². The van der Waals surface area contributed by atoms with Gasteiger partial charge in [0, 0.05) is 6.07 Å². The van der Waals surface area contributed by atoms with Gasteiger partial charge in [-0.25, -0.2) is 4.39 Å². The summed E-state index contributed by atoms with van der Waals surface area (Å²) in [5.74, 6) is -2.52. The van der Waals surface area contributed by atoms with Crippen LogP contribution < -0.4 is 9.47 Å². The summed E-state index contributed by atoms with van der Waals surface area (Å²) in [4.78, 5) is 12.0. The number of rotatable bonds is 5. The van der Waals surface area contributed by atoms with Crippen LogP contribution in [0, 0.1) is 17.7 Å². The maximum absolute atomic E-state index is 13.6. The van der Waals surface area contributed by atoms with Gasteiger partial charge in [0.05, 0.1) is 5.92 Å². The zero-order valence-electron chi connectivity index (χ0n) is 12.7. The van der Waals surface area contributed by atoms with Crippen molar-refractivity contribution < 1.29 is 31.8 Å². The molecule has 128 valence electrons. The first kappa shape index (κ1) is 17.6. The molecule has 0 N–H and O–H groups in total. The van der Waals surface area contributed by atoms with E-state index < -0.39 is 23.9 Å². The molecule has 2 unspecified atom stereocenters. The van der Waals surface area contributed by atoms with Crippen LogP contribution in [0.2, 0.25) is 0 Å². The Bertz CT molecular complexity index is 557. The quantitative estimate of drug-likeness (QED) is 0.439. The predicted molar refractivity (Wildman–Crippen MR) is 74.5 cm³/mol. The number of carbonyl (C=O) groups is 1. The van der Waals surface area contributed by atoms with Crippen LogP contribution in [0.15, 0.2) is 18.2 Å². The fraction of sp³-hybridized carbons (Fsp3) is 0.562. The Morgan fingerprint density at radius 1 is 1.30 bits per heavy atom. The third-order valence-electron chi connectivity index (χ3n) is 3.92. The second-order valence-corrected chi connectivity index (χ2v) is 5.73. The molecule has 0 heterocycles. The highest BCUT2D eigenvalue weighted by Crippen LogP contribution is 2.35. The van der Waals surface area contributed by atoms with Crippen LogP contribution >= 0.6 is 0 Å². The molecule has 1 aliphatic rings. The number of benzene rings is 1. The first-order chi connectivity index (χ1) is 10.8. The van der Waals surface area contributed by atoms with Gasteiger partial charge in [-0.3, -0.25) is 4.79 Å². The monoisotopic (exact) mass is 334 g/mol. The van der Waals surface area contributed by atoms with E-state index in [4.69, 9.17) is 4.74 Å². The summed E-state index contributed by atoms with van der Waals surface area (Å²) in [6, 6.07) is 2.60. The average molecular weight is 334 g/mol. The molecule has 0 amide bonds. The summed E-state index contributed by atoms with van der Waals surface area (Å²) in [6.45, 7) is 2.08. The maximum Gasteiger partial charge on any atom is 0.573 e.